The Morgan fingerprint density at radius 3 is 2.59 bits per heavy atom. The molecule has 5 N–H and O–H groups in total. The second kappa shape index (κ2) is 13.5. The van der Waals surface area contributed by atoms with Gasteiger partial charge in [-0.05, 0) is 73.5 Å². The molecule has 14 nitrogen and oxygen atoms in total. The maximum absolute atomic E-state index is 14.0. The number of halogens is 1. The van der Waals surface area contributed by atoms with Crippen molar-refractivity contribution in [1.82, 2.24) is 15.5 Å². The topological polar surface area (TPSA) is 182 Å². The molecule has 1 aliphatic rings. The van der Waals surface area contributed by atoms with Crippen molar-refractivity contribution in [3.05, 3.63) is 82.7 Å². The summed E-state index contributed by atoms with van der Waals surface area (Å²) >= 11 is 6.42. The highest BCUT2D eigenvalue weighted by atomic mass is 35.5. The predicted molar refractivity (Wildman–Crippen MR) is 183 cm³/mol. The van der Waals surface area contributed by atoms with Gasteiger partial charge in [0.1, 0.15) is 17.9 Å². The zero-order valence-electron chi connectivity index (χ0n) is 27.0. The van der Waals surface area contributed by atoms with E-state index in [0.29, 0.717) is 56.0 Å². The third kappa shape index (κ3) is 6.36. The fourth-order valence-electron chi connectivity index (χ4n) is 6.02. The molecule has 6 rings (SSSR count). The molecular formula is C34H33ClN6O8. The van der Waals surface area contributed by atoms with E-state index in [4.69, 9.17) is 25.6 Å². The van der Waals surface area contributed by atoms with Crippen LogP contribution in [-0.2, 0) is 4.79 Å². The number of aromatic carboxylic acids is 1. The highest BCUT2D eigenvalue weighted by Crippen LogP contribution is 2.48. The number of hydrogen-bond acceptors (Lipinski definition) is 10. The molecule has 0 aliphatic carbocycles. The molecule has 3 heterocycles. The number of anilines is 2. The van der Waals surface area contributed by atoms with Crippen molar-refractivity contribution in [2.24, 2.45) is 5.10 Å². The van der Waals surface area contributed by atoms with E-state index in [2.05, 4.69) is 21.0 Å². The molecule has 0 fully saturated rings. The minimum absolute atomic E-state index is 0.0256. The molecule has 1 aliphatic heterocycles. The molecule has 0 saturated carbocycles. The molecule has 2 aromatic heterocycles. The Morgan fingerprint density at radius 1 is 1.16 bits per heavy atom. The summed E-state index contributed by atoms with van der Waals surface area (Å²) in [4.78, 5) is 50.1. The highest BCUT2D eigenvalue weighted by molar-refractivity contribution is 6.20. The van der Waals surface area contributed by atoms with Crippen molar-refractivity contribution in [3.8, 4) is 11.5 Å². The minimum Gasteiger partial charge on any atom is -0.497 e. The lowest BCUT2D eigenvalue weighted by molar-refractivity contribution is -0.129. The number of aromatic amines is 1. The summed E-state index contributed by atoms with van der Waals surface area (Å²) in [6, 6.07) is 15.3. The summed E-state index contributed by atoms with van der Waals surface area (Å²) < 4.78 is 11.0. The number of hydrogen-bond donors (Lipinski definition) is 5. The predicted octanol–water partition coefficient (Wildman–Crippen LogP) is 5.48. The van der Waals surface area contributed by atoms with Gasteiger partial charge in [-0.25, -0.2) is 10.2 Å². The average Bonchev–Trinajstić information content (AvgIpc) is 3.79. The van der Waals surface area contributed by atoms with Gasteiger partial charge in [0, 0.05) is 47.9 Å². The summed E-state index contributed by atoms with van der Waals surface area (Å²) in [6.45, 7) is 3.31. The van der Waals surface area contributed by atoms with E-state index in [9.17, 15) is 24.7 Å². The van der Waals surface area contributed by atoms with Gasteiger partial charge < -0.3 is 29.0 Å². The van der Waals surface area contributed by atoms with Crippen molar-refractivity contribution in [1.29, 1.82) is 0 Å². The fraction of sp³-hybridized carbons (Fsp3) is 0.235. The molecule has 0 bridgehead atoms. The summed E-state index contributed by atoms with van der Waals surface area (Å²) in [7, 11) is 3.12. The number of carbonyl (C=O) groups is 3. The first-order chi connectivity index (χ1) is 23.5. The van der Waals surface area contributed by atoms with Crippen molar-refractivity contribution >= 4 is 68.3 Å². The van der Waals surface area contributed by atoms with Crippen LogP contribution in [0.5, 0.6) is 11.5 Å². The van der Waals surface area contributed by atoms with Crippen molar-refractivity contribution in [3.63, 3.8) is 0 Å². The first kappa shape index (κ1) is 33.3. The smallest absolute Gasteiger partial charge is 0.338 e. The Hall–Kier alpha value is -5.57. The summed E-state index contributed by atoms with van der Waals surface area (Å²) in [5, 5.41) is 25.9. The number of benzene rings is 3. The molecule has 1 atom stereocenters. The Bertz CT molecular complexity index is 2120. The number of nitrogens with one attached hydrogen (secondary N) is 3. The number of aryl methyl sites for hydroxylation is 1. The van der Waals surface area contributed by atoms with Crippen LogP contribution in [0.2, 0.25) is 0 Å². The summed E-state index contributed by atoms with van der Waals surface area (Å²) in [5.74, 6) is -1.48. The third-order valence-corrected chi connectivity index (χ3v) is 8.70. The SMILES string of the molecule is COc1ccc(/C(C)=N/NC(=O)CN(C)Oc2cc3c(c4c(C(=O)O)c(C)[nH]c24)[C@H](CCl)CN3C(=O)c2cc3cc(NO)ccc3o2)cc1. The molecule has 0 radical (unpaired) electrons. The van der Waals surface area contributed by atoms with Crippen LogP contribution in [0.25, 0.3) is 21.9 Å². The second-order valence-corrected chi connectivity index (χ2v) is 11.9. The molecular weight excluding hydrogens is 656 g/mol. The minimum atomic E-state index is -1.16. The molecule has 254 valence electrons. The van der Waals surface area contributed by atoms with E-state index < -0.39 is 23.7 Å². The molecule has 0 saturated heterocycles. The molecule has 15 heteroatoms. The first-order valence-corrected chi connectivity index (χ1v) is 15.7. The van der Waals surface area contributed by atoms with Gasteiger partial charge in [0.25, 0.3) is 11.8 Å². The lowest BCUT2D eigenvalue weighted by atomic mass is 9.95. The lowest BCUT2D eigenvalue weighted by Gasteiger charge is -2.20. The van der Waals surface area contributed by atoms with E-state index in [1.165, 1.54) is 9.96 Å². The second-order valence-electron chi connectivity index (χ2n) is 11.6. The van der Waals surface area contributed by atoms with Gasteiger partial charge in [0.15, 0.2) is 11.5 Å². The first-order valence-electron chi connectivity index (χ1n) is 15.1. The van der Waals surface area contributed by atoms with Crippen LogP contribution in [0.4, 0.5) is 11.4 Å². The number of carboxylic acids is 1. The number of likely N-dealkylation sites (N-methyl/N-ethyl adjacent to an activating group) is 1. The van der Waals surface area contributed by atoms with Crippen LogP contribution in [0.15, 0.2) is 64.1 Å². The van der Waals surface area contributed by atoms with E-state index in [1.54, 1.807) is 70.5 Å². The molecule has 0 spiro atoms. The number of carboxylic acid groups (broad SMARTS) is 1. The van der Waals surface area contributed by atoms with E-state index >= 15 is 0 Å². The number of H-pyrrole nitrogens is 1. The average molecular weight is 689 g/mol. The van der Waals surface area contributed by atoms with Crippen LogP contribution >= 0.6 is 11.6 Å². The molecule has 2 amide bonds. The number of alkyl halides is 1. The van der Waals surface area contributed by atoms with Crippen LogP contribution in [0.1, 0.15) is 50.6 Å². The lowest BCUT2D eigenvalue weighted by Crippen LogP contribution is -2.35. The number of ether oxygens (including phenoxy) is 1. The molecule has 0 unspecified atom stereocenters. The summed E-state index contributed by atoms with van der Waals surface area (Å²) in [5.41, 5.74) is 8.60. The third-order valence-electron chi connectivity index (χ3n) is 8.33. The van der Waals surface area contributed by atoms with Gasteiger partial charge >= 0.3 is 5.97 Å². The van der Waals surface area contributed by atoms with Gasteiger partial charge in [-0.1, -0.05) is 0 Å². The van der Waals surface area contributed by atoms with Crippen molar-refractivity contribution < 1.29 is 38.7 Å². The molecule has 49 heavy (non-hydrogen) atoms. The van der Waals surface area contributed by atoms with Crippen molar-refractivity contribution in [2.75, 3.05) is 43.5 Å². The maximum Gasteiger partial charge on any atom is 0.338 e. The number of aromatic nitrogens is 1. The Kier molecular flexibility index (Phi) is 9.19. The van der Waals surface area contributed by atoms with E-state index in [-0.39, 0.29) is 36.0 Å². The van der Waals surface area contributed by atoms with E-state index in [0.717, 1.165) is 5.56 Å². The number of hydrazone groups is 1. The van der Waals surface area contributed by atoms with Gasteiger partial charge in [0.05, 0.1) is 35.3 Å². The van der Waals surface area contributed by atoms with E-state index in [1.807, 2.05) is 12.1 Å². The number of furan rings is 1. The van der Waals surface area contributed by atoms with Crippen LogP contribution in [0.3, 0.4) is 0 Å². The van der Waals surface area contributed by atoms with Crippen LogP contribution in [-0.4, -0.2) is 77.0 Å². The number of fused-ring (bicyclic) bond motifs is 4. The van der Waals surface area contributed by atoms with Gasteiger partial charge in [-0.15, -0.1) is 16.7 Å². The Balaban J connectivity index is 1.31. The quantitative estimate of drug-likeness (QED) is 0.0677. The van der Waals surface area contributed by atoms with Crippen LogP contribution in [0, 0.1) is 6.92 Å². The standard InChI is InChI=1S/C34H33ClN6O8/c1-17(19-5-8-23(47-4)9-6-19)37-38-28(42)16-40(3)49-26-13-24-30(31-29(34(44)45)18(2)36-32(26)31)21(14-35)15-41(24)33(43)27-12-20-11-22(39-46)7-10-25(20)48-27/h5-13,21,36,39,46H,14-16H2,1-4H3,(H,38,42)(H,44,45)/b37-17+/t21-/m1/s1. The largest absolute Gasteiger partial charge is 0.497 e. The normalized spacial score (nSPS) is 14.4. The zero-order chi connectivity index (χ0) is 35.0. The van der Waals surface area contributed by atoms with Crippen molar-refractivity contribution in [2.45, 2.75) is 19.8 Å². The maximum atomic E-state index is 14.0. The number of amides is 2. The molecule has 5 aromatic rings. The highest BCUT2D eigenvalue weighted by Gasteiger charge is 2.39. The number of rotatable bonds is 11. The number of methoxy groups -OCH3 is 1. The zero-order valence-corrected chi connectivity index (χ0v) is 27.7. The fourth-order valence-corrected chi connectivity index (χ4v) is 6.27. The van der Waals surface area contributed by atoms with Gasteiger partial charge in [-0.2, -0.15) is 5.10 Å². The van der Waals surface area contributed by atoms with Gasteiger partial charge in [0.2, 0.25) is 0 Å². The Labute approximate surface area is 284 Å². The molecule has 3 aromatic carbocycles. The Morgan fingerprint density at radius 2 is 1.92 bits per heavy atom. The number of carbonyl (C=O) groups excluding carboxylic acids is 2. The number of nitrogens with zero attached hydrogens (tertiary/aromatic N) is 3. The monoisotopic (exact) mass is 688 g/mol. The van der Waals surface area contributed by atoms with Crippen LogP contribution < -0.4 is 25.4 Å². The number of hydroxylamine groups is 2. The van der Waals surface area contributed by atoms with Gasteiger partial charge in [-0.3, -0.25) is 20.3 Å². The summed E-state index contributed by atoms with van der Waals surface area (Å²) in [6.07, 6.45) is 0.